The average molecular weight is 726 g/mol. The van der Waals surface area contributed by atoms with Crippen molar-refractivity contribution in [2.45, 2.75) is 57.6 Å². The van der Waals surface area contributed by atoms with Crippen molar-refractivity contribution < 1.29 is 33.8 Å². The van der Waals surface area contributed by atoms with Crippen LogP contribution in [0.1, 0.15) is 30.5 Å². The highest BCUT2D eigenvalue weighted by molar-refractivity contribution is 5.97. The van der Waals surface area contributed by atoms with Gasteiger partial charge in [0.15, 0.2) is 0 Å². The molecule has 0 saturated carbocycles. The minimum atomic E-state index is -1.52. The normalized spacial score (nSPS) is 13.2. The molecule has 1 aromatic heterocycles. The summed E-state index contributed by atoms with van der Waals surface area (Å²) >= 11 is 0. The van der Waals surface area contributed by atoms with E-state index in [0.29, 0.717) is 11.4 Å². The fraction of sp³-hybridized carbons (Fsp3) is 0.308. The molecule has 14 nitrogen and oxygen atoms in total. The maximum absolute atomic E-state index is 13.9. The molecule has 0 aliphatic carbocycles. The molecule has 1 heterocycles. The van der Waals surface area contributed by atoms with E-state index in [4.69, 9.17) is 15.2 Å². The predicted octanol–water partition coefficient (Wildman–Crippen LogP) is 2.92. The number of aromatic nitrogens is 1. The molecule has 280 valence electrons. The predicted molar refractivity (Wildman–Crippen MR) is 200 cm³/mol. The number of rotatable bonds is 18. The van der Waals surface area contributed by atoms with Gasteiger partial charge in [-0.1, -0.05) is 86.6 Å². The zero-order valence-electron chi connectivity index (χ0n) is 30.0. The van der Waals surface area contributed by atoms with Gasteiger partial charge >= 0.3 is 6.09 Å². The van der Waals surface area contributed by atoms with Crippen LogP contribution in [0.2, 0.25) is 0 Å². The standard InChI is InChI=1S/C39H47N7O7/c1-25(2)34(46-39(51)53-24-28-12-8-5-9-13-28)38(50)45-31(20-26-10-6-4-7-11-26)36(48)35(42-21-27-14-16-29(52-3)17-15-27)37(49)43-23-33(47)44-32-22-41-19-18-30(32)40/h4-19,22,25,31,34-36,42,48H,20-21,23-24H2,1-3H3,(H2,40,41)(H,43,49)(H,44,47)(H,45,50)(H,46,51)/t31-,34-,35+,36-/m0/s1. The van der Waals surface area contributed by atoms with Crippen molar-refractivity contribution in [3.63, 3.8) is 0 Å². The summed E-state index contributed by atoms with van der Waals surface area (Å²) in [5.41, 5.74) is 8.83. The van der Waals surface area contributed by atoms with E-state index >= 15 is 0 Å². The number of amides is 4. The van der Waals surface area contributed by atoms with Crippen LogP contribution < -0.4 is 37.1 Å². The quantitative estimate of drug-likeness (QED) is 0.0799. The van der Waals surface area contributed by atoms with Crippen molar-refractivity contribution in [2.75, 3.05) is 24.7 Å². The third-order valence-corrected chi connectivity index (χ3v) is 8.33. The van der Waals surface area contributed by atoms with Crippen molar-refractivity contribution >= 4 is 35.2 Å². The van der Waals surface area contributed by atoms with E-state index in [1.807, 2.05) is 60.7 Å². The lowest BCUT2D eigenvalue weighted by Crippen LogP contribution is -2.61. The summed E-state index contributed by atoms with van der Waals surface area (Å²) in [7, 11) is 1.55. The molecule has 0 bridgehead atoms. The number of carbonyl (C=O) groups is 4. The van der Waals surface area contributed by atoms with Gasteiger partial charge in [-0.05, 0) is 47.2 Å². The van der Waals surface area contributed by atoms with Gasteiger partial charge in [-0.2, -0.15) is 0 Å². The van der Waals surface area contributed by atoms with E-state index in [-0.39, 0.29) is 31.2 Å². The third-order valence-electron chi connectivity index (χ3n) is 8.33. The topological polar surface area (TPSA) is 206 Å². The second kappa shape index (κ2) is 20.2. The number of aliphatic hydroxyl groups is 1. The van der Waals surface area contributed by atoms with Crippen molar-refractivity contribution in [1.82, 2.24) is 26.3 Å². The monoisotopic (exact) mass is 725 g/mol. The fourth-order valence-corrected chi connectivity index (χ4v) is 5.38. The van der Waals surface area contributed by atoms with Crippen molar-refractivity contribution in [1.29, 1.82) is 0 Å². The average Bonchev–Trinajstić information content (AvgIpc) is 3.16. The first-order valence-corrected chi connectivity index (χ1v) is 17.2. The van der Waals surface area contributed by atoms with Gasteiger partial charge in [0.2, 0.25) is 17.7 Å². The van der Waals surface area contributed by atoms with E-state index in [9.17, 15) is 24.3 Å². The smallest absolute Gasteiger partial charge is 0.408 e. The zero-order chi connectivity index (χ0) is 38.2. The highest BCUT2D eigenvalue weighted by atomic mass is 16.5. The highest BCUT2D eigenvalue weighted by Crippen LogP contribution is 2.16. The Balaban J connectivity index is 1.54. The van der Waals surface area contributed by atoms with Gasteiger partial charge in [-0.3, -0.25) is 24.7 Å². The Labute approximate surface area is 308 Å². The van der Waals surface area contributed by atoms with Crippen LogP contribution in [0.5, 0.6) is 5.75 Å². The fourth-order valence-electron chi connectivity index (χ4n) is 5.38. The van der Waals surface area contributed by atoms with Gasteiger partial charge in [-0.15, -0.1) is 0 Å². The van der Waals surface area contributed by atoms with E-state index in [0.717, 1.165) is 16.7 Å². The molecule has 14 heteroatoms. The molecule has 0 spiro atoms. The Kier molecular flexibility index (Phi) is 15.1. The van der Waals surface area contributed by atoms with Crippen LogP contribution in [0, 0.1) is 5.92 Å². The first-order chi connectivity index (χ1) is 25.5. The number of methoxy groups -OCH3 is 1. The lowest BCUT2D eigenvalue weighted by atomic mass is 9.94. The molecule has 4 aromatic rings. The van der Waals surface area contributed by atoms with Crippen LogP contribution >= 0.6 is 0 Å². The number of hydrogen-bond donors (Lipinski definition) is 7. The summed E-state index contributed by atoms with van der Waals surface area (Å²) in [4.78, 5) is 57.2. The zero-order valence-corrected chi connectivity index (χ0v) is 30.0. The number of nitrogens with one attached hydrogen (secondary N) is 5. The molecule has 0 aliphatic rings. The van der Waals surface area contributed by atoms with Crippen molar-refractivity contribution in [3.8, 4) is 5.75 Å². The summed E-state index contributed by atoms with van der Waals surface area (Å²) < 4.78 is 10.6. The molecule has 0 fully saturated rings. The summed E-state index contributed by atoms with van der Waals surface area (Å²) in [6.45, 7) is 3.24. The lowest BCUT2D eigenvalue weighted by molar-refractivity contribution is -0.130. The number of hydrogen-bond acceptors (Lipinski definition) is 10. The van der Waals surface area contributed by atoms with E-state index in [1.165, 1.54) is 18.5 Å². The number of nitrogens with zero attached hydrogens (tertiary/aromatic N) is 1. The maximum Gasteiger partial charge on any atom is 0.408 e. The van der Waals surface area contributed by atoms with Crippen LogP contribution in [0.25, 0.3) is 0 Å². The number of ether oxygens (including phenoxy) is 2. The molecule has 4 atom stereocenters. The summed E-state index contributed by atoms with van der Waals surface area (Å²) in [6, 6.07) is 23.5. The van der Waals surface area contributed by atoms with Gasteiger partial charge < -0.3 is 41.6 Å². The largest absolute Gasteiger partial charge is 0.497 e. The van der Waals surface area contributed by atoms with Gasteiger partial charge in [0.25, 0.3) is 0 Å². The van der Waals surface area contributed by atoms with Crippen LogP contribution in [0.15, 0.2) is 103 Å². The van der Waals surface area contributed by atoms with Gasteiger partial charge in [0, 0.05) is 12.7 Å². The van der Waals surface area contributed by atoms with Crippen LogP contribution in [0.3, 0.4) is 0 Å². The van der Waals surface area contributed by atoms with Crippen LogP contribution in [0.4, 0.5) is 16.2 Å². The minimum Gasteiger partial charge on any atom is -0.497 e. The molecule has 0 saturated heterocycles. The first-order valence-electron chi connectivity index (χ1n) is 17.2. The number of pyridine rings is 1. The molecule has 3 aromatic carbocycles. The molecule has 8 N–H and O–H groups in total. The number of anilines is 2. The highest BCUT2D eigenvalue weighted by Gasteiger charge is 2.36. The summed E-state index contributed by atoms with van der Waals surface area (Å²) in [5.74, 6) is -1.57. The number of nitrogens with two attached hydrogens (primary N) is 1. The number of alkyl carbamates (subject to hydrolysis) is 1. The third kappa shape index (κ3) is 12.6. The van der Waals surface area contributed by atoms with Gasteiger partial charge in [0.05, 0.1) is 43.4 Å². The molecule has 4 amide bonds. The Hall–Kier alpha value is -5.99. The Morgan fingerprint density at radius 2 is 1.47 bits per heavy atom. The number of benzene rings is 3. The minimum absolute atomic E-state index is 0.0127. The van der Waals surface area contributed by atoms with Crippen molar-refractivity contribution in [2.24, 2.45) is 5.92 Å². The Bertz CT molecular complexity index is 1780. The second-order valence-electron chi connectivity index (χ2n) is 12.7. The Morgan fingerprint density at radius 1 is 0.811 bits per heavy atom. The van der Waals surface area contributed by atoms with Crippen LogP contribution in [-0.4, -0.2) is 71.8 Å². The van der Waals surface area contributed by atoms with E-state index in [1.54, 1.807) is 45.2 Å². The molecule has 53 heavy (non-hydrogen) atoms. The molecule has 0 unspecified atom stereocenters. The number of nitrogen functional groups attached to an aromatic ring is 1. The number of aliphatic hydroxyl groups excluding tert-OH is 1. The number of carbonyl (C=O) groups excluding carboxylic acids is 4. The first kappa shape index (κ1) is 39.8. The van der Waals surface area contributed by atoms with Gasteiger partial charge in [0.1, 0.15) is 24.4 Å². The summed E-state index contributed by atoms with van der Waals surface area (Å²) in [5, 5.41) is 25.8. The summed E-state index contributed by atoms with van der Waals surface area (Å²) in [6.07, 6.45) is 0.692. The molecule has 4 rings (SSSR count). The lowest BCUT2D eigenvalue weighted by Gasteiger charge is -2.32. The molecular formula is C39H47N7O7. The molecular weight excluding hydrogens is 678 g/mol. The molecule has 0 radical (unpaired) electrons. The maximum atomic E-state index is 13.9. The van der Waals surface area contributed by atoms with Gasteiger partial charge in [-0.25, -0.2) is 4.79 Å². The Morgan fingerprint density at radius 3 is 2.09 bits per heavy atom. The molecule has 0 aliphatic heterocycles. The van der Waals surface area contributed by atoms with E-state index < -0.39 is 54.6 Å². The van der Waals surface area contributed by atoms with E-state index in [2.05, 4.69) is 31.6 Å². The van der Waals surface area contributed by atoms with Crippen molar-refractivity contribution in [3.05, 3.63) is 120 Å². The SMILES string of the molecule is COc1ccc(CN[C@@H](C(=O)NCC(=O)Nc2cnccc2N)[C@@H](O)[C@H](Cc2ccccc2)NC(=O)[C@@H](NC(=O)OCc2ccccc2)C(C)C)cc1. The second-order valence-corrected chi connectivity index (χ2v) is 12.7. The van der Waals surface area contributed by atoms with Crippen LogP contribution in [-0.2, 0) is 38.7 Å².